The predicted octanol–water partition coefficient (Wildman–Crippen LogP) is 0.264. The lowest BCUT2D eigenvalue weighted by Gasteiger charge is -2.49. The summed E-state index contributed by atoms with van der Waals surface area (Å²) in [4.78, 5) is 84.6. The number of nitrogens with two attached hydrogens (primary N) is 1. The molecule has 5 heterocycles. The Morgan fingerprint density at radius 2 is 1.71 bits per heavy atom. The van der Waals surface area contributed by atoms with Crippen LogP contribution in [0.3, 0.4) is 0 Å². The number of carbonyl (C=O) groups excluding carboxylic acids is 4. The van der Waals surface area contributed by atoms with Crippen molar-refractivity contribution in [2.24, 2.45) is 5.16 Å². The molecule has 0 bridgehead atoms. The molecule has 25 nitrogen and oxygen atoms in total. The Hall–Kier alpha value is -7.21. The van der Waals surface area contributed by atoms with Crippen molar-refractivity contribution < 1.29 is 62.8 Å². The van der Waals surface area contributed by atoms with E-state index in [9.17, 15) is 57.9 Å². The number of rotatable bonds is 15. The van der Waals surface area contributed by atoms with Crippen LogP contribution < -0.4 is 26.6 Å². The highest BCUT2D eigenvalue weighted by Gasteiger charge is 2.54. The van der Waals surface area contributed by atoms with Gasteiger partial charge in [0.25, 0.3) is 29.4 Å². The van der Waals surface area contributed by atoms with Crippen LogP contribution in [0.1, 0.15) is 41.4 Å². The maximum Gasteiger partial charge on any atom is 0.352 e. The largest absolute Gasteiger partial charge is 0.504 e. The van der Waals surface area contributed by atoms with Crippen LogP contribution in [0, 0.1) is 6.92 Å². The number of amides is 4. The number of thiazole rings is 1. The summed E-state index contributed by atoms with van der Waals surface area (Å²) in [7, 11) is -4.16. The number of nitrogens with zero attached hydrogens (tertiary/aromatic N) is 7. The highest BCUT2D eigenvalue weighted by Crippen LogP contribution is 2.42. The van der Waals surface area contributed by atoms with Gasteiger partial charge in [0, 0.05) is 34.2 Å². The van der Waals surface area contributed by atoms with E-state index in [0.717, 1.165) is 58.3 Å². The second kappa shape index (κ2) is 18.3. The molecular weight excluding hydrogens is 949 g/mol. The van der Waals surface area contributed by atoms with Crippen LogP contribution >= 0.6 is 34.9 Å². The van der Waals surface area contributed by atoms with Crippen LogP contribution in [0.4, 0.5) is 5.13 Å². The van der Waals surface area contributed by atoms with Gasteiger partial charge in [0.15, 0.2) is 39.7 Å². The molecule has 5 aromatic rings. The van der Waals surface area contributed by atoms with Gasteiger partial charge in [-0.15, -0.1) is 40.0 Å². The number of thioether (sulfide) groups is 2. The van der Waals surface area contributed by atoms with E-state index in [4.69, 9.17) is 10.6 Å². The number of anilines is 1. The van der Waals surface area contributed by atoms with Gasteiger partial charge in [-0.3, -0.25) is 34.9 Å². The number of carbonyl (C=O) groups is 5. The molecule has 11 N–H and O–H groups in total. The van der Waals surface area contributed by atoms with E-state index in [2.05, 4.69) is 46.1 Å². The molecule has 4 amide bonds. The van der Waals surface area contributed by atoms with Gasteiger partial charge in [0.05, 0.1) is 11.4 Å². The van der Waals surface area contributed by atoms with Crippen molar-refractivity contribution in [3.63, 3.8) is 0 Å². The Balaban J connectivity index is 1.02. The summed E-state index contributed by atoms with van der Waals surface area (Å²) in [6.45, 7) is 3.85. The Kier molecular flexibility index (Phi) is 13.0. The molecule has 2 aromatic carbocycles. The minimum absolute atomic E-state index is 0.0332. The standard InChI is InChI=1S/C37H36N12O13S4/c1-15-8-25(49-36(40-15)42-24(46-49)11-39-66(60,61)18-5-7-21(51)23(53)10-18)63-12-17-13-64-32-27(31(56)48(32)28(17)33(57)58)43-30(55)26(19-14-65-35(38)41-19)47-62-37(2,3)34(59)45-44-29(54)16-4-6-20(50)22(52)9-16/h4-10,14,27,32,39,50-53H,11-13H2,1-3H3,(H2,38,41)(H,43,55)(H,44,54)(H,45,59)(H,57,58)/t27-,32-/m1/s1. The number of phenols is 4. The van der Waals surface area contributed by atoms with Gasteiger partial charge in [-0.1, -0.05) is 5.16 Å². The summed E-state index contributed by atoms with van der Waals surface area (Å²) in [6, 6.07) is 6.68. The fraction of sp³-hybridized carbons (Fsp3) is 0.243. The molecule has 2 aliphatic rings. The third-order valence-corrected chi connectivity index (χ3v) is 14.0. The summed E-state index contributed by atoms with van der Waals surface area (Å²) in [5, 5.41) is 60.7. The summed E-state index contributed by atoms with van der Waals surface area (Å²) < 4.78 is 29.3. The number of sulfonamides is 1. The molecule has 1 saturated heterocycles. The molecule has 0 saturated carbocycles. The summed E-state index contributed by atoms with van der Waals surface area (Å²) in [5.74, 6) is -6.72. The third-order valence-electron chi connectivity index (χ3n) is 9.48. The number of carboxylic acid groups (broad SMARTS) is 1. The number of nitrogen functional groups attached to an aromatic ring is 1. The molecular formula is C37H36N12O13S4. The number of hydrazine groups is 1. The molecule has 0 aliphatic carbocycles. The first-order valence-corrected chi connectivity index (χ1v) is 23.2. The van der Waals surface area contributed by atoms with E-state index in [1.807, 2.05) is 0 Å². The molecule has 3 aromatic heterocycles. The fourth-order valence-electron chi connectivity index (χ4n) is 6.05. The van der Waals surface area contributed by atoms with Crippen molar-refractivity contribution in [3.05, 3.63) is 81.9 Å². The van der Waals surface area contributed by atoms with Crippen LogP contribution in [0.25, 0.3) is 5.78 Å². The molecule has 0 unspecified atom stereocenters. The van der Waals surface area contributed by atoms with Gasteiger partial charge in [-0.2, -0.15) is 9.50 Å². The number of aromatic nitrogens is 5. The van der Waals surface area contributed by atoms with Crippen LogP contribution in [-0.4, -0.2) is 127 Å². The highest BCUT2D eigenvalue weighted by molar-refractivity contribution is 8.01. The van der Waals surface area contributed by atoms with E-state index in [1.54, 1.807) is 13.0 Å². The lowest BCUT2D eigenvalue weighted by molar-refractivity contribution is -0.150. The van der Waals surface area contributed by atoms with Crippen LogP contribution in [0.15, 0.2) is 74.2 Å². The summed E-state index contributed by atoms with van der Waals surface area (Å²) in [6.07, 6.45) is 0. The zero-order valence-corrected chi connectivity index (χ0v) is 37.5. The minimum atomic E-state index is -4.16. The number of aryl methyl sites for hydroxylation is 1. The van der Waals surface area contributed by atoms with Gasteiger partial charge in [0.1, 0.15) is 27.8 Å². The van der Waals surface area contributed by atoms with Crippen molar-refractivity contribution >= 4 is 91.1 Å². The van der Waals surface area contributed by atoms with E-state index >= 15 is 0 Å². The lowest BCUT2D eigenvalue weighted by atomic mass is 10.0. The minimum Gasteiger partial charge on any atom is -0.504 e. The average molecular weight is 985 g/mol. The second-order valence-electron chi connectivity index (χ2n) is 14.6. The number of phenolic OH excluding ortho intramolecular Hbond substituents is 4. The van der Waals surface area contributed by atoms with E-state index < -0.39 is 85.3 Å². The van der Waals surface area contributed by atoms with Gasteiger partial charge >= 0.3 is 5.97 Å². The Labute approximate surface area is 384 Å². The second-order valence-corrected chi connectivity index (χ2v) is 19.3. The first kappa shape index (κ1) is 46.8. The van der Waals surface area contributed by atoms with Crippen molar-refractivity contribution in [2.75, 3.05) is 17.2 Å². The van der Waals surface area contributed by atoms with Gasteiger partial charge in [-0.05, 0) is 62.7 Å². The topological polar surface area (TPSA) is 376 Å². The van der Waals surface area contributed by atoms with Crippen molar-refractivity contribution in [1.82, 2.24) is 50.4 Å². The summed E-state index contributed by atoms with van der Waals surface area (Å²) in [5.41, 5.74) is 8.16. The zero-order valence-electron chi connectivity index (χ0n) is 34.2. The van der Waals surface area contributed by atoms with Crippen LogP contribution in [0.5, 0.6) is 23.0 Å². The first-order valence-electron chi connectivity index (χ1n) is 18.8. The normalized spacial score (nSPS) is 16.4. The monoisotopic (exact) mass is 984 g/mol. The number of fused-ring (bicyclic) bond motifs is 2. The number of aliphatic carboxylic acids is 1. The quantitative estimate of drug-likeness (QED) is 0.0168. The summed E-state index contributed by atoms with van der Waals surface area (Å²) >= 11 is 3.31. The first-order chi connectivity index (χ1) is 31.1. The molecule has 0 radical (unpaired) electrons. The number of nitrogens with one attached hydrogen (secondary N) is 4. The molecule has 66 heavy (non-hydrogen) atoms. The number of aromatic hydroxyl groups is 4. The van der Waals surface area contributed by atoms with E-state index in [0.29, 0.717) is 16.3 Å². The van der Waals surface area contributed by atoms with Crippen molar-refractivity contribution in [2.45, 2.75) is 54.3 Å². The highest BCUT2D eigenvalue weighted by atomic mass is 32.2. The average Bonchev–Trinajstić information content (AvgIpc) is 3.89. The molecule has 29 heteroatoms. The Morgan fingerprint density at radius 3 is 2.38 bits per heavy atom. The number of hydrogen-bond donors (Lipinski definition) is 10. The number of benzene rings is 2. The van der Waals surface area contributed by atoms with Crippen LogP contribution in [-0.2, 0) is 40.6 Å². The third kappa shape index (κ3) is 9.73. The molecule has 346 valence electrons. The van der Waals surface area contributed by atoms with Crippen LogP contribution in [0.2, 0.25) is 0 Å². The van der Waals surface area contributed by atoms with Crippen molar-refractivity contribution in [1.29, 1.82) is 0 Å². The number of hydrogen-bond acceptors (Lipinski definition) is 21. The zero-order chi connectivity index (χ0) is 47.8. The number of oxime groups is 1. The maximum atomic E-state index is 13.8. The molecule has 1 fully saturated rings. The van der Waals surface area contributed by atoms with Gasteiger partial charge < -0.3 is 41.4 Å². The predicted molar refractivity (Wildman–Crippen MR) is 233 cm³/mol. The van der Waals surface area contributed by atoms with Gasteiger partial charge in [0.2, 0.25) is 15.6 Å². The smallest absolute Gasteiger partial charge is 0.352 e. The SMILES string of the molecule is Cc1cc(SCC2=C(C(=O)O)N3C(=O)[C@@H](NC(=O)C(=NOC(C)(C)C(=O)NNC(=O)c4ccc(O)c(O)c4)c4csc(N)n4)[C@H]3SC2)n2nc(CNS(=O)(=O)c3ccc(O)c(O)c3)nc2n1. The van der Waals surface area contributed by atoms with Crippen molar-refractivity contribution in [3.8, 4) is 23.0 Å². The lowest BCUT2D eigenvalue weighted by Crippen LogP contribution is -2.71. The van der Waals surface area contributed by atoms with E-state index in [1.165, 1.54) is 41.6 Å². The Bertz CT molecular complexity index is 3010. The Morgan fingerprint density at radius 1 is 1.00 bits per heavy atom. The number of carboxylic acids is 1. The number of β-lactam (4-membered cyclic amide) rings is 1. The molecule has 2 atom stereocenters. The fourth-order valence-corrected chi connectivity index (χ4v) is 10.1. The molecule has 0 spiro atoms. The van der Waals surface area contributed by atoms with Gasteiger partial charge in [-0.25, -0.2) is 27.9 Å². The maximum absolute atomic E-state index is 13.8. The van der Waals surface area contributed by atoms with E-state index in [-0.39, 0.29) is 56.6 Å². The molecule has 7 rings (SSSR count). The molecule has 2 aliphatic heterocycles.